The van der Waals surface area contributed by atoms with Crippen molar-refractivity contribution < 1.29 is 14.3 Å². The SMILES string of the molecule is CCCN(CC(=O)Nc1ccccc1OC)CC(=O)Nc1c(CC)cccc1CC. The van der Waals surface area contributed by atoms with Crippen molar-refractivity contribution in [3.63, 3.8) is 0 Å². The maximum absolute atomic E-state index is 12.8. The lowest BCUT2D eigenvalue weighted by Gasteiger charge is -2.22. The molecule has 0 aliphatic carbocycles. The van der Waals surface area contributed by atoms with Crippen molar-refractivity contribution >= 4 is 23.2 Å². The van der Waals surface area contributed by atoms with Crippen molar-refractivity contribution in [1.29, 1.82) is 0 Å². The fourth-order valence-corrected chi connectivity index (χ4v) is 3.46. The van der Waals surface area contributed by atoms with Crippen LogP contribution in [0.5, 0.6) is 5.75 Å². The number of hydrogen-bond donors (Lipinski definition) is 2. The summed E-state index contributed by atoms with van der Waals surface area (Å²) in [6.07, 6.45) is 2.55. The number of carbonyl (C=O) groups excluding carboxylic acids is 2. The van der Waals surface area contributed by atoms with Crippen LogP contribution in [0.4, 0.5) is 11.4 Å². The molecule has 6 heteroatoms. The molecule has 6 nitrogen and oxygen atoms in total. The Morgan fingerprint density at radius 1 is 0.867 bits per heavy atom. The molecule has 2 amide bonds. The van der Waals surface area contributed by atoms with Gasteiger partial charge in [0.05, 0.1) is 25.9 Å². The molecule has 0 radical (unpaired) electrons. The molecule has 0 spiro atoms. The third kappa shape index (κ3) is 6.59. The van der Waals surface area contributed by atoms with Gasteiger partial charge in [0.1, 0.15) is 5.75 Å². The number of rotatable bonds is 11. The number of amides is 2. The normalized spacial score (nSPS) is 10.7. The van der Waals surface area contributed by atoms with Crippen molar-refractivity contribution in [3.05, 3.63) is 53.6 Å². The molecule has 2 N–H and O–H groups in total. The Morgan fingerprint density at radius 2 is 1.47 bits per heavy atom. The number of anilines is 2. The molecule has 162 valence electrons. The highest BCUT2D eigenvalue weighted by atomic mass is 16.5. The molecule has 0 unspecified atom stereocenters. The Balaban J connectivity index is 2.03. The lowest BCUT2D eigenvalue weighted by atomic mass is 10.0. The summed E-state index contributed by atoms with van der Waals surface area (Å²) in [7, 11) is 1.57. The summed E-state index contributed by atoms with van der Waals surface area (Å²) in [5.41, 5.74) is 3.77. The summed E-state index contributed by atoms with van der Waals surface area (Å²) in [5, 5.41) is 5.95. The van der Waals surface area contributed by atoms with E-state index >= 15 is 0 Å². The molecule has 2 rings (SSSR count). The third-order valence-electron chi connectivity index (χ3n) is 4.92. The second kappa shape index (κ2) is 12.0. The Hall–Kier alpha value is -2.86. The molecule has 30 heavy (non-hydrogen) atoms. The summed E-state index contributed by atoms with van der Waals surface area (Å²) >= 11 is 0. The zero-order chi connectivity index (χ0) is 21.9. The first-order chi connectivity index (χ1) is 14.5. The van der Waals surface area contributed by atoms with Crippen LogP contribution in [-0.4, -0.2) is 43.5 Å². The number of nitrogens with zero attached hydrogens (tertiary/aromatic N) is 1. The maximum atomic E-state index is 12.8. The van der Waals surface area contributed by atoms with Crippen LogP contribution in [0.1, 0.15) is 38.3 Å². The largest absolute Gasteiger partial charge is 0.495 e. The van der Waals surface area contributed by atoms with E-state index in [0.717, 1.165) is 36.1 Å². The Kier molecular flexibility index (Phi) is 9.35. The standard InChI is InChI=1S/C24H33N3O3/c1-5-15-27(16-22(28)25-20-13-8-9-14-21(20)30-4)17-23(29)26-24-18(6-2)11-10-12-19(24)7-3/h8-14H,5-7,15-17H2,1-4H3,(H,25,28)(H,26,29). The quantitative estimate of drug-likeness (QED) is 0.584. The molecule has 2 aromatic carbocycles. The van der Waals surface area contributed by atoms with Gasteiger partial charge in [-0.25, -0.2) is 0 Å². The molecule has 0 heterocycles. The van der Waals surface area contributed by atoms with Gasteiger partial charge in [-0.15, -0.1) is 0 Å². The van der Waals surface area contributed by atoms with E-state index in [1.807, 2.05) is 42.2 Å². The van der Waals surface area contributed by atoms with Gasteiger partial charge in [0.15, 0.2) is 0 Å². The highest BCUT2D eigenvalue weighted by molar-refractivity contribution is 5.96. The monoisotopic (exact) mass is 411 g/mol. The van der Waals surface area contributed by atoms with E-state index in [2.05, 4.69) is 24.5 Å². The molecule has 0 atom stereocenters. The number of para-hydroxylation sites is 3. The van der Waals surface area contributed by atoms with Gasteiger partial charge in [0, 0.05) is 5.69 Å². The van der Waals surface area contributed by atoms with Crippen LogP contribution in [0.25, 0.3) is 0 Å². The van der Waals surface area contributed by atoms with E-state index in [1.54, 1.807) is 19.2 Å². The van der Waals surface area contributed by atoms with E-state index in [-0.39, 0.29) is 24.9 Å². The van der Waals surface area contributed by atoms with Crippen molar-refractivity contribution in [3.8, 4) is 5.75 Å². The fourth-order valence-electron chi connectivity index (χ4n) is 3.46. The lowest BCUT2D eigenvalue weighted by Crippen LogP contribution is -2.39. The minimum absolute atomic E-state index is 0.107. The van der Waals surface area contributed by atoms with Crippen LogP contribution in [0.15, 0.2) is 42.5 Å². The predicted molar refractivity (Wildman–Crippen MR) is 122 cm³/mol. The molecule has 0 aliphatic heterocycles. The van der Waals surface area contributed by atoms with E-state index in [1.165, 1.54) is 0 Å². The lowest BCUT2D eigenvalue weighted by molar-refractivity contribution is -0.120. The highest BCUT2D eigenvalue weighted by Gasteiger charge is 2.17. The average Bonchev–Trinajstić information content (AvgIpc) is 2.74. The number of nitrogens with one attached hydrogen (secondary N) is 2. The molecule has 0 saturated carbocycles. The van der Waals surface area contributed by atoms with Crippen molar-refractivity contribution in [2.24, 2.45) is 0 Å². The Labute approximate surface area is 179 Å². The van der Waals surface area contributed by atoms with Gasteiger partial charge in [-0.3, -0.25) is 14.5 Å². The van der Waals surface area contributed by atoms with Crippen molar-refractivity contribution in [2.45, 2.75) is 40.0 Å². The van der Waals surface area contributed by atoms with Gasteiger partial charge in [-0.2, -0.15) is 0 Å². The van der Waals surface area contributed by atoms with Crippen LogP contribution in [0, 0.1) is 0 Å². The molecular formula is C24H33N3O3. The summed E-state index contributed by atoms with van der Waals surface area (Å²) in [4.78, 5) is 27.2. The number of methoxy groups -OCH3 is 1. The van der Waals surface area contributed by atoms with Crippen LogP contribution in [0.2, 0.25) is 0 Å². The number of benzene rings is 2. The second-order valence-corrected chi connectivity index (χ2v) is 7.17. The second-order valence-electron chi connectivity index (χ2n) is 7.17. The molecule has 0 fully saturated rings. The zero-order valence-corrected chi connectivity index (χ0v) is 18.5. The van der Waals surface area contributed by atoms with Gasteiger partial charge in [-0.1, -0.05) is 51.1 Å². The van der Waals surface area contributed by atoms with Gasteiger partial charge in [0.2, 0.25) is 11.8 Å². The van der Waals surface area contributed by atoms with E-state index in [0.29, 0.717) is 18.0 Å². The summed E-state index contributed by atoms with van der Waals surface area (Å²) < 4.78 is 5.28. The predicted octanol–water partition coefficient (Wildman–Crippen LogP) is 4.11. The fraction of sp³-hybridized carbons (Fsp3) is 0.417. The Bertz CT molecular complexity index is 829. The smallest absolute Gasteiger partial charge is 0.238 e. The first-order valence-electron chi connectivity index (χ1n) is 10.6. The van der Waals surface area contributed by atoms with Crippen molar-refractivity contribution in [2.75, 3.05) is 37.4 Å². The van der Waals surface area contributed by atoms with Gasteiger partial charge < -0.3 is 15.4 Å². The van der Waals surface area contributed by atoms with Gasteiger partial charge in [-0.05, 0) is 49.1 Å². The number of aryl methyl sites for hydroxylation is 2. The van der Waals surface area contributed by atoms with E-state index < -0.39 is 0 Å². The molecule has 0 bridgehead atoms. The van der Waals surface area contributed by atoms with E-state index in [4.69, 9.17) is 4.74 Å². The Morgan fingerprint density at radius 3 is 2.03 bits per heavy atom. The average molecular weight is 412 g/mol. The van der Waals surface area contributed by atoms with Crippen LogP contribution < -0.4 is 15.4 Å². The highest BCUT2D eigenvalue weighted by Crippen LogP contribution is 2.23. The van der Waals surface area contributed by atoms with Crippen LogP contribution in [-0.2, 0) is 22.4 Å². The summed E-state index contributed by atoms with van der Waals surface area (Å²) in [6, 6.07) is 13.4. The summed E-state index contributed by atoms with van der Waals surface area (Å²) in [5.74, 6) is 0.321. The van der Waals surface area contributed by atoms with Crippen molar-refractivity contribution in [1.82, 2.24) is 4.90 Å². The summed E-state index contributed by atoms with van der Waals surface area (Å²) in [6.45, 7) is 7.14. The maximum Gasteiger partial charge on any atom is 0.238 e. The minimum atomic E-state index is -0.177. The molecule has 0 aromatic heterocycles. The first kappa shape index (κ1) is 23.4. The van der Waals surface area contributed by atoms with E-state index in [9.17, 15) is 9.59 Å². The van der Waals surface area contributed by atoms with Gasteiger partial charge in [0.25, 0.3) is 0 Å². The molecular weight excluding hydrogens is 378 g/mol. The van der Waals surface area contributed by atoms with Crippen LogP contribution in [0.3, 0.4) is 0 Å². The molecule has 0 aliphatic rings. The number of ether oxygens (including phenoxy) is 1. The molecule has 2 aromatic rings. The topological polar surface area (TPSA) is 70.7 Å². The first-order valence-corrected chi connectivity index (χ1v) is 10.6. The van der Waals surface area contributed by atoms with Gasteiger partial charge >= 0.3 is 0 Å². The molecule has 0 saturated heterocycles. The van der Waals surface area contributed by atoms with Crippen LogP contribution >= 0.6 is 0 Å². The number of hydrogen-bond acceptors (Lipinski definition) is 4. The minimum Gasteiger partial charge on any atom is -0.495 e. The third-order valence-corrected chi connectivity index (χ3v) is 4.92. The number of carbonyl (C=O) groups is 2. The zero-order valence-electron chi connectivity index (χ0n) is 18.5.